The molecule has 2 aromatic carbocycles. The smallest absolute Gasteiger partial charge is 0.259 e. The molecular weight excluding hydrogens is 332 g/mol. The minimum absolute atomic E-state index is 0.552. The number of benzene rings is 2. The summed E-state index contributed by atoms with van der Waals surface area (Å²) in [7, 11) is 3.79. The summed E-state index contributed by atoms with van der Waals surface area (Å²) in [5.41, 5.74) is 2.53. The fourth-order valence-corrected chi connectivity index (χ4v) is 3.07. The van der Waals surface area contributed by atoms with Crippen LogP contribution in [-0.2, 0) is 11.3 Å². The number of ether oxygens (including phenoxy) is 1. The van der Waals surface area contributed by atoms with Crippen LogP contribution in [0.1, 0.15) is 5.56 Å². The maximum atomic E-state index is 10.9. The van der Waals surface area contributed by atoms with E-state index in [1.54, 1.807) is 30.0 Å². The number of rotatable bonds is 6. The van der Waals surface area contributed by atoms with Crippen LogP contribution in [0.25, 0.3) is 0 Å². The first-order valence-corrected chi connectivity index (χ1v) is 9.25. The number of nitrogens with zero attached hydrogens (tertiary/aromatic N) is 1. The minimum atomic E-state index is -2.10. The van der Waals surface area contributed by atoms with E-state index in [0.717, 1.165) is 17.0 Å². The highest BCUT2D eigenvalue weighted by Crippen LogP contribution is 2.35. The number of nitrogens with one attached hydrogen (secondary N) is 1. The van der Waals surface area contributed by atoms with Gasteiger partial charge in [0.25, 0.3) is 11.3 Å². The minimum Gasteiger partial charge on any atom is -0.455 e. The third-order valence-electron chi connectivity index (χ3n) is 3.24. The summed E-state index contributed by atoms with van der Waals surface area (Å²) in [6.45, 7) is 2.05. The summed E-state index contributed by atoms with van der Waals surface area (Å²) in [5, 5.41) is 0. The summed E-state index contributed by atoms with van der Waals surface area (Å²) >= 11 is -0.400. The third kappa shape index (κ3) is 4.63. The standard InChI is InChI=1S/C16H20N2O3S2/c1-11-9-13(6-8-16(11)22-4)21-15-7-5-12(17-23(19)20)10-14(15)18(2)3/h5-10,17H,1-4H3,(H,19,20). The van der Waals surface area contributed by atoms with Gasteiger partial charge in [-0.3, -0.25) is 9.27 Å². The quantitative estimate of drug-likeness (QED) is 0.605. The van der Waals surface area contributed by atoms with Gasteiger partial charge >= 0.3 is 0 Å². The van der Waals surface area contributed by atoms with Gasteiger partial charge in [-0.1, -0.05) is 0 Å². The zero-order valence-electron chi connectivity index (χ0n) is 13.5. The van der Waals surface area contributed by atoms with Crippen LogP contribution in [-0.4, -0.2) is 29.1 Å². The van der Waals surface area contributed by atoms with Crippen LogP contribution >= 0.6 is 11.8 Å². The average Bonchev–Trinajstić information content (AvgIpc) is 2.48. The molecule has 5 nitrogen and oxygen atoms in total. The molecule has 23 heavy (non-hydrogen) atoms. The molecule has 0 fully saturated rings. The Morgan fingerprint density at radius 3 is 2.52 bits per heavy atom. The molecule has 0 saturated carbocycles. The summed E-state index contributed by atoms with van der Waals surface area (Å²) in [4.78, 5) is 3.11. The second kappa shape index (κ2) is 7.72. The molecular formula is C16H20N2O3S2. The molecule has 0 aromatic heterocycles. The summed E-state index contributed by atoms with van der Waals surface area (Å²) in [6.07, 6.45) is 2.05. The van der Waals surface area contributed by atoms with E-state index in [9.17, 15) is 4.21 Å². The van der Waals surface area contributed by atoms with Gasteiger partial charge in [0.2, 0.25) is 0 Å². The highest BCUT2D eigenvalue weighted by atomic mass is 32.2. The molecule has 0 amide bonds. The zero-order chi connectivity index (χ0) is 17.0. The van der Waals surface area contributed by atoms with Crippen molar-refractivity contribution in [2.24, 2.45) is 0 Å². The van der Waals surface area contributed by atoms with E-state index in [4.69, 9.17) is 9.29 Å². The normalized spacial score (nSPS) is 11.9. The molecule has 2 N–H and O–H groups in total. The lowest BCUT2D eigenvalue weighted by Gasteiger charge is -2.19. The number of thioether (sulfide) groups is 1. The van der Waals surface area contributed by atoms with Crippen LogP contribution in [0, 0.1) is 6.92 Å². The summed E-state index contributed by atoms with van der Waals surface area (Å²) in [5.74, 6) is 1.44. The Kier molecular flexibility index (Phi) is 5.92. The van der Waals surface area contributed by atoms with Crippen LogP contribution in [0.3, 0.4) is 0 Å². The van der Waals surface area contributed by atoms with Crippen LogP contribution in [0.2, 0.25) is 0 Å². The lowest BCUT2D eigenvalue weighted by atomic mass is 10.2. The van der Waals surface area contributed by atoms with Crippen molar-refractivity contribution >= 4 is 34.4 Å². The van der Waals surface area contributed by atoms with Gasteiger partial charge in [-0.25, -0.2) is 4.21 Å². The molecule has 2 aromatic rings. The molecule has 1 atom stereocenters. The van der Waals surface area contributed by atoms with E-state index in [2.05, 4.69) is 11.6 Å². The molecule has 0 aliphatic carbocycles. The van der Waals surface area contributed by atoms with Gasteiger partial charge in [0.1, 0.15) is 5.75 Å². The Labute approximate surface area is 143 Å². The fraction of sp³-hybridized carbons (Fsp3) is 0.250. The van der Waals surface area contributed by atoms with Gasteiger partial charge in [-0.05, 0) is 55.1 Å². The van der Waals surface area contributed by atoms with Crippen molar-refractivity contribution < 1.29 is 13.5 Å². The Hall–Kier alpha value is -1.70. The average molecular weight is 352 g/mol. The molecule has 1 unspecified atom stereocenters. The van der Waals surface area contributed by atoms with E-state index in [1.807, 2.05) is 43.5 Å². The van der Waals surface area contributed by atoms with Gasteiger partial charge in [0.15, 0.2) is 5.75 Å². The van der Waals surface area contributed by atoms with Crippen LogP contribution in [0.15, 0.2) is 41.3 Å². The maximum absolute atomic E-state index is 10.9. The highest BCUT2D eigenvalue weighted by Gasteiger charge is 2.10. The molecule has 0 saturated heterocycles. The monoisotopic (exact) mass is 352 g/mol. The molecule has 0 bridgehead atoms. The van der Waals surface area contributed by atoms with Gasteiger partial charge in [-0.15, -0.1) is 11.8 Å². The van der Waals surface area contributed by atoms with Crippen LogP contribution in [0.4, 0.5) is 11.4 Å². The molecule has 0 heterocycles. The highest BCUT2D eigenvalue weighted by molar-refractivity contribution is 7.98. The topological polar surface area (TPSA) is 61.8 Å². The summed E-state index contributed by atoms with van der Waals surface area (Å²) in [6, 6.07) is 11.2. The first-order chi connectivity index (χ1) is 10.9. The van der Waals surface area contributed by atoms with Crippen molar-refractivity contribution in [3.63, 3.8) is 0 Å². The Bertz CT molecular complexity index is 720. The van der Waals surface area contributed by atoms with Crippen molar-refractivity contribution in [1.29, 1.82) is 0 Å². The third-order valence-corrected chi connectivity index (χ3v) is 4.55. The van der Waals surface area contributed by atoms with E-state index in [0.29, 0.717) is 11.4 Å². The molecule has 0 radical (unpaired) electrons. The first kappa shape index (κ1) is 17.7. The first-order valence-electron chi connectivity index (χ1n) is 6.92. The summed E-state index contributed by atoms with van der Waals surface area (Å²) < 4.78 is 28.3. The second-order valence-electron chi connectivity index (χ2n) is 5.16. The molecule has 0 spiro atoms. The second-order valence-corrected chi connectivity index (χ2v) is 6.71. The molecule has 2 rings (SSSR count). The number of anilines is 2. The Morgan fingerprint density at radius 2 is 1.96 bits per heavy atom. The lowest BCUT2D eigenvalue weighted by Crippen LogP contribution is -2.11. The van der Waals surface area contributed by atoms with Crippen LogP contribution < -0.4 is 14.4 Å². The van der Waals surface area contributed by atoms with Gasteiger partial charge in [0.05, 0.1) is 11.4 Å². The van der Waals surface area contributed by atoms with E-state index in [-0.39, 0.29) is 0 Å². The maximum Gasteiger partial charge on any atom is 0.259 e. The van der Waals surface area contributed by atoms with Crippen molar-refractivity contribution in [1.82, 2.24) is 0 Å². The van der Waals surface area contributed by atoms with E-state index >= 15 is 0 Å². The van der Waals surface area contributed by atoms with Crippen molar-refractivity contribution in [3.8, 4) is 11.5 Å². The largest absolute Gasteiger partial charge is 0.455 e. The molecule has 0 aliphatic rings. The zero-order valence-corrected chi connectivity index (χ0v) is 15.1. The number of aryl methyl sites for hydroxylation is 1. The number of hydrogen-bond acceptors (Lipinski definition) is 4. The molecule has 124 valence electrons. The van der Waals surface area contributed by atoms with E-state index in [1.165, 1.54) is 4.90 Å². The predicted molar refractivity (Wildman–Crippen MR) is 98.2 cm³/mol. The Morgan fingerprint density at radius 1 is 1.22 bits per heavy atom. The fourth-order valence-electron chi connectivity index (χ4n) is 2.16. The SMILES string of the molecule is CSc1ccc(Oc2ccc(NS(=O)O)cc2N(C)C)cc1C. The van der Waals surface area contributed by atoms with Gasteiger partial charge in [-0.2, -0.15) is 0 Å². The number of hydrogen-bond donors (Lipinski definition) is 2. The Balaban J connectivity index is 2.31. The van der Waals surface area contributed by atoms with Gasteiger partial charge in [0, 0.05) is 19.0 Å². The predicted octanol–water partition coefficient (Wildman–Crippen LogP) is 4.12. The van der Waals surface area contributed by atoms with Crippen molar-refractivity contribution in [2.75, 3.05) is 30.0 Å². The molecule has 0 aliphatic heterocycles. The molecule has 7 heteroatoms. The van der Waals surface area contributed by atoms with E-state index < -0.39 is 11.3 Å². The van der Waals surface area contributed by atoms with Crippen LogP contribution in [0.5, 0.6) is 11.5 Å². The lowest BCUT2D eigenvalue weighted by molar-refractivity contribution is 0.482. The van der Waals surface area contributed by atoms with Gasteiger partial charge < -0.3 is 9.64 Å². The van der Waals surface area contributed by atoms with Crippen molar-refractivity contribution in [2.45, 2.75) is 11.8 Å². The van der Waals surface area contributed by atoms with Crippen molar-refractivity contribution in [3.05, 3.63) is 42.0 Å².